The number of carbonyl (C=O) groups excluding carboxylic acids is 3. The summed E-state index contributed by atoms with van der Waals surface area (Å²) in [5.41, 5.74) is 0.132. The average molecular weight is 615 g/mol. The summed E-state index contributed by atoms with van der Waals surface area (Å²) in [6.07, 6.45) is 0.929. The molecular weight excluding hydrogens is 560 g/mol. The summed E-state index contributed by atoms with van der Waals surface area (Å²) in [5.74, 6) is 1.47. The second kappa shape index (κ2) is 10.4. The zero-order chi connectivity index (χ0) is 32.2. The van der Waals surface area contributed by atoms with Crippen LogP contribution in [0.15, 0.2) is 12.2 Å². The highest BCUT2D eigenvalue weighted by atomic mass is 16.7. The van der Waals surface area contributed by atoms with Crippen LogP contribution in [0.4, 0.5) is 0 Å². The number of hydrogen-bond donors (Lipinski definition) is 3. The smallest absolute Gasteiger partial charge is 0.295 e. The highest BCUT2D eigenvalue weighted by molar-refractivity contribution is 5.91. The van der Waals surface area contributed by atoms with Crippen molar-refractivity contribution in [3.63, 3.8) is 0 Å². The van der Waals surface area contributed by atoms with E-state index in [0.29, 0.717) is 36.9 Å². The quantitative estimate of drug-likeness (QED) is 0.299. The molecule has 8 heteroatoms. The van der Waals surface area contributed by atoms with E-state index in [2.05, 4.69) is 48.1 Å². The molecule has 0 spiro atoms. The fraction of sp³-hybridized carbons (Fsp3) is 0.861. The van der Waals surface area contributed by atoms with E-state index in [-0.39, 0.29) is 51.7 Å². The van der Waals surface area contributed by atoms with Crippen LogP contribution in [0.2, 0.25) is 0 Å². The van der Waals surface area contributed by atoms with Gasteiger partial charge in [-0.3, -0.25) is 14.4 Å². The molecule has 0 aromatic carbocycles. The lowest BCUT2D eigenvalue weighted by molar-refractivity contribution is -0.282. The van der Waals surface area contributed by atoms with Gasteiger partial charge in [0.2, 0.25) is 6.29 Å². The molecule has 44 heavy (non-hydrogen) atoms. The predicted molar refractivity (Wildman–Crippen MR) is 163 cm³/mol. The van der Waals surface area contributed by atoms with Gasteiger partial charge in [0.05, 0.1) is 0 Å². The Balaban J connectivity index is 1.37. The second-order valence-electron chi connectivity index (χ2n) is 17.0. The van der Waals surface area contributed by atoms with Gasteiger partial charge in [0.15, 0.2) is 5.78 Å². The van der Waals surface area contributed by atoms with Crippen molar-refractivity contribution in [1.29, 1.82) is 0 Å². The molecule has 6 fully saturated rings. The number of aliphatic hydroxyl groups is 3. The van der Waals surface area contributed by atoms with E-state index in [4.69, 9.17) is 9.47 Å². The first-order valence-electron chi connectivity index (χ1n) is 17.0. The minimum absolute atomic E-state index is 0.0177. The van der Waals surface area contributed by atoms with E-state index < -0.39 is 36.1 Å². The number of fused-ring (bicyclic) bond motifs is 7. The van der Waals surface area contributed by atoms with Crippen LogP contribution < -0.4 is 0 Å². The van der Waals surface area contributed by atoms with Crippen LogP contribution in [0.5, 0.6) is 0 Å². The van der Waals surface area contributed by atoms with E-state index in [1.54, 1.807) is 0 Å². The fourth-order valence-corrected chi connectivity index (χ4v) is 12.9. The van der Waals surface area contributed by atoms with Crippen molar-refractivity contribution in [2.75, 3.05) is 0 Å². The second-order valence-corrected chi connectivity index (χ2v) is 17.0. The third-order valence-electron chi connectivity index (χ3n) is 15.3. The summed E-state index contributed by atoms with van der Waals surface area (Å²) in [6, 6.07) is 0. The van der Waals surface area contributed by atoms with Crippen molar-refractivity contribution in [3.05, 3.63) is 12.2 Å². The highest BCUT2D eigenvalue weighted by Gasteiger charge is 2.72. The Morgan fingerprint density at radius 2 is 1.59 bits per heavy atom. The number of aliphatic hydroxyl groups excluding tert-OH is 3. The van der Waals surface area contributed by atoms with Crippen molar-refractivity contribution >= 4 is 18.0 Å². The third kappa shape index (κ3) is 4.05. The van der Waals surface area contributed by atoms with Crippen LogP contribution in [0.25, 0.3) is 0 Å². The van der Waals surface area contributed by atoms with Crippen LogP contribution in [-0.4, -0.2) is 64.1 Å². The molecule has 5 aliphatic carbocycles. The molecule has 5 saturated carbocycles. The lowest BCUT2D eigenvalue weighted by Gasteiger charge is -2.72. The molecule has 14 atom stereocenters. The molecule has 8 nitrogen and oxygen atoms in total. The number of Topliss-reactive ketones (excluding diaryl/α,β-unsaturated/α-hetero) is 2. The number of rotatable bonds is 5. The fourth-order valence-electron chi connectivity index (χ4n) is 12.9. The summed E-state index contributed by atoms with van der Waals surface area (Å²) < 4.78 is 10.7. The van der Waals surface area contributed by atoms with Gasteiger partial charge < -0.3 is 24.8 Å². The lowest BCUT2D eigenvalue weighted by atomic mass is 9.32. The van der Waals surface area contributed by atoms with Gasteiger partial charge in [0, 0.05) is 17.3 Å². The molecule has 0 radical (unpaired) electrons. The Hall–Kier alpha value is -1.61. The van der Waals surface area contributed by atoms with Crippen LogP contribution in [0, 0.1) is 56.7 Å². The van der Waals surface area contributed by atoms with Crippen molar-refractivity contribution in [2.24, 2.45) is 56.7 Å². The summed E-state index contributed by atoms with van der Waals surface area (Å²) in [7, 11) is 0. The van der Waals surface area contributed by atoms with Crippen LogP contribution in [0.1, 0.15) is 106 Å². The molecule has 0 aromatic heterocycles. The van der Waals surface area contributed by atoms with Gasteiger partial charge in [-0.05, 0) is 111 Å². The van der Waals surface area contributed by atoms with Gasteiger partial charge in [-0.2, -0.15) is 0 Å². The van der Waals surface area contributed by atoms with Gasteiger partial charge >= 0.3 is 0 Å². The SMILES string of the molecule is C=C(C)[C@@H]1CC[C@]2(C(=O)[C@@H]3OC(OC=O)[C@@H](O)[C@H](O)C3O)CC[C@]3(C)C(CCC4[C@@]5(C)CCC(=O)C(C)(C)C5CC[C@]43C)C12. The van der Waals surface area contributed by atoms with E-state index in [9.17, 15) is 29.7 Å². The van der Waals surface area contributed by atoms with E-state index in [1.165, 1.54) is 0 Å². The first-order valence-corrected chi connectivity index (χ1v) is 17.0. The highest BCUT2D eigenvalue weighted by Crippen LogP contribution is 2.77. The van der Waals surface area contributed by atoms with Crippen molar-refractivity contribution in [3.8, 4) is 0 Å². The summed E-state index contributed by atoms with van der Waals surface area (Å²) in [4.78, 5) is 38.9. The molecule has 0 aromatic rings. The molecule has 1 aliphatic heterocycles. The summed E-state index contributed by atoms with van der Waals surface area (Å²) in [5, 5.41) is 32.0. The maximum Gasteiger partial charge on any atom is 0.295 e. The Kier molecular flexibility index (Phi) is 7.68. The summed E-state index contributed by atoms with van der Waals surface area (Å²) >= 11 is 0. The minimum Gasteiger partial charge on any atom is -0.435 e. The molecule has 3 N–H and O–H groups in total. The average Bonchev–Trinajstić information content (AvgIpc) is 3.37. The number of carbonyl (C=O) groups is 3. The Labute approximate surface area is 262 Å². The first-order chi connectivity index (χ1) is 20.5. The summed E-state index contributed by atoms with van der Waals surface area (Å²) in [6.45, 7) is 18.4. The lowest BCUT2D eigenvalue weighted by Crippen LogP contribution is -2.68. The molecule has 6 unspecified atom stereocenters. The maximum absolute atomic E-state index is 14.7. The van der Waals surface area contributed by atoms with E-state index >= 15 is 0 Å². The Morgan fingerprint density at radius 3 is 2.25 bits per heavy atom. The molecule has 246 valence electrons. The maximum atomic E-state index is 14.7. The van der Waals surface area contributed by atoms with Gasteiger partial charge in [-0.1, -0.05) is 46.8 Å². The normalized spacial score (nSPS) is 53.0. The van der Waals surface area contributed by atoms with E-state index in [1.807, 2.05) is 0 Å². The Bertz CT molecular complexity index is 1230. The van der Waals surface area contributed by atoms with E-state index in [0.717, 1.165) is 50.5 Å². The Morgan fingerprint density at radius 1 is 0.886 bits per heavy atom. The topological polar surface area (TPSA) is 130 Å². The predicted octanol–water partition coefficient (Wildman–Crippen LogP) is 4.76. The number of allylic oxidation sites excluding steroid dienone is 1. The molecule has 6 aliphatic rings. The molecule has 1 saturated heterocycles. The molecule has 1 heterocycles. The zero-order valence-corrected chi connectivity index (χ0v) is 27.5. The van der Waals surface area contributed by atoms with Crippen molar-refractivity contribution < 1.29 is 39.2 Å². The van der Waals surface area contributed by atoms with Gasteiger partial charge in [0.1, 0.15) is 30.2 Å². The molecule has 0 amide bonds. The van der Waals surface area contributed by atoms with Gasteiger partial charge in [0.25, 0.3) is 6.47 Å². The number of ether oxygens (including phenoxy) is 2. The monoisotopic (exact) mass is 614 g/mol. The van der Waals surface area contributed by atoms with Crippen molar-refractivity contribution in [1.82, 2.24) is 0 Å². The minimum atomic E-state index is -1.68. The molecule has 6 rings (SSSR count). The zero-order valence-electron chi connectivity index (χ0n) is 27.5. The van der Waals surface area contributed by atoms with Crippen LogP contribution in [0.3, 0.4) is 0 Å². The molecular formula is C36H54O8. The standard InChI is InChI=1S/C36H54O8/c1-19(2)20-10-15-36(30(42)29-27(40)26(39)28(41)31(44-29)43-18-37)17-16-34(6)21(25(20)36)8-9-23-33(5)13-12-24(38)32(3,4)22(33)11-14-35(23,34)7/h18,20-23,25-29,31,39-41H,1,8-17H2,2-7H3/t20-,21?,22?,23?,25?,26+,27?,28-,29+,31?,33-,34+,35+,36-/m0/s1. The first kappa shape index (κ1) is 32.3. The largest absolute Gasteiger partial charge is 0.435 e. The van der Waals surface area contributed by atoms with Crippen LogP contribution in [-0.2, 0) is 23.9 Å². The molecule has 0 bridgehead atoms. The third-order valence-corrected chi connectivity index (χ3v) is 15.3. The number of ketones is 2. The van der Waals surface area contributed by atoms with Crippen molar-refractivity contribution in [2.45, 2.75) is 136 Å². The number of hydrogen-bond acceptors (Lipinski definition) is 8. The van der Waals surface area contributed by atoms with Gasteiger partial charge in [-0.25, -0.2) is 0 Å². The van der Waals surface area contributed by atoms with Gasteiger partial charge in [-0.15, -0.1) is 0 Å². The van der Waals surface area contributed by atoms with Crippen LogP contribution >= 0.6 is 0 Å².